The van der Waals surface area contributed by atoms with Crippen LogP contribution in [0.25, 0.3) is 11.0 Å². The number of nitrogens with zero attached hydrogens (tertiary/aromatic N) is 5. The molecule has 0 unspecified atom stereocenters. The van der Waals surface area contributed by atoms with Gasteiger partial charge in [-0.25, -0.2) is 14.6 Å². The molecule has 23 heavy (non-hydrogen) atoms. The average molecular weight is 323 g/mol. The van der Waals surface area contributed by atoms with Crippen LogP contribution >= 0.6 is 0 Å². The molecule has 1 aliphatic heterocycles. The molecule has 0 radical (unpaired) electrons. The summed E-state index contributed by atoms with van der Waals surface area (Å²) in [4.78, 5) is 10.8. The summed E-state index contributed by atoms with van der Waals surface area (Å²) >= 11 is 0. The Hall–Kier alpha value is -1.81. The van der Waals surface area contributed by atoms with Crippen molar-refractivity contribution in [3.8, 4) is 0 Å². The van der Waals surface area contributed by atoms with Crippen LogP contribution in [0.15, 0.2) is 12.4 Å². The van der Waals surface area contributed by atoms with Crippen molar-refractivity contribution >= 4 is 17.0 Å². The number of aliphatic hydroxyl groups is 3. The van der Waals surface area contributed by atoms with E-state index >= 15 is 0 Å². The molecule has 9 heteroatoms. The number of aliphatic hydroxyl groups excluding tert-OH is 3. The fraction of sp³-hybridized carbons (Fsp3) is 0.643. The van der Waals surface area contributed by atoms with Gasteiger partial charge in [-0.1, -0.05) is 0 Å². The first-order valence-corrected chi connectivity index (χ1v) is 7.68. The Morgan fingerprint density at radius 3 is 2.57 bits per heavy atom. The molecule has 0 bridgehead atoms. The standard InChI is InChI=1S/C14H21N5O4/c1-3-18(4-2)14-15-6-9-8(17-14)5-16-19(9)13-12(22)11(21)10(7-20)23-13/h5-6,10-13,20-22H,3-4,7H2,1-2H3/t10-,11-,12-,13+/m0/s1. The van der Waals surface area contributed by atoms with Crippen LogP contribution in [0, 0.1) is 0 Å². The number of ether oxygens (including phenoxy) is 1. The molecule has 2 aromatic heterocycles. The maximum atomic E-state index is 10.1. The largest absolute Gasteiger partial charge is 0.394 e. The summed E-state index contributed by atoms with van der Waals surface area (Å²) in [6, 6.07) is 0. The van der Waals surface area contributed by atoms with Crippen molar-refractivity contribution in [2.24, 2.45) is 0 Å². The lowest BCUT2D eigenvalue weighted by Gasteiger charge is -2.18. The van der Waals surface area contributed by atoms with Crippen LogP contribution < -0.4 is 4.90 Å². The van der Waals surface area contributed by atoms with Crippen molar-refractivity contribution < 1.29 is 20.1 Å². The van der Waals surface area contributed by atoms with Gasteiger partial charge in [0.15, 0.2) is 6.23 Å². The highest BCUT2D eigenvalue weighted by molar-refractivity contribution is 5.74. The lowest BCUT2D eigenvalue weighted by atomic mass is 10.1. The van der Waals surface area contributed by atoms with Crippen molar-refractivity contribution in [3.05, 3.63) is 12.4 Å². The lowest BCUT2D eigenvalue weighted by molar-refractivity contribution is -0.0564. The third-order valence-electron chi connectivity index (χ3n) is 4.14. The van der Waals surface area contributed by atoms with E-state index in [1.807, 2.05) is 18.7 Å². The van der Waals surface area contributed by atoms with Crippen molar-refractivity contribution in [2.45, 2.75) is 38.4 Å². The first-order valence-electron chi connectivity index (χ1n) is 7.68. The molecule has 0 aliphatic carbocycles. The number of hydrogen-bond acceptors (Lipinski definition) is 8. The van der Waals surface area contributed by atoms with Crippen LogP contribution in [-0.2, 0) is 4.74 Å². The minimum Gasteiger partial charge on any atom is -0.394 e. The first-order chi connectivity index (χ1) is 11.1. The fourth-order valence-electron chi connectivity index (χ4n) is 2.77. The van der Waals surface area contributed by atoms with Gasteiger partial charge >= 0.3 is 0 Å². The van der Waals surface area contributed by atoms with Crippen molar-refractivity contribution in [3.63, 3.8) is 0 Å². The Morgan fingerprint density at radius 2 is 1.96 bits per heavy atom. The summed E-state index contributed by atoms with van der Waals surface area (Å²) < 4.78 is 6.93. The predicted molar refractivity (Wildman–Crippen MR) is 81.9 cm³/mol. The Balaban J connectivity index is 1.94. The molecule has 3 rings (SSSR count). The molecule has 0 saturated carbocycles. The molecule has 0 amide bonds. The number of anilines is 1. The van der Waals surface area contributed by atoms with Crippen LogP contribution in [0.2, 0.25) is 0 Å². The second-order valence-electron chi connectivity index (χ2n) is 5.43. The highest BCUT2D eigenvalue weighted by Gasteiger charge is 2.44. The van der Waals surface area contributed by atoms with E-state index < -0.39 is 24.5 Å². The van der Waals surface area contributed by atoms with E-state index in [1.165, 1.54) is 4.68 Å². The smallest absolute Gasteiger partial charge is 0.226 e. The van der Waals surface area contributed by atoms with Crippen LogP contribution in [-0.4, -0.2) is 73.1 Å². The average Bonchev–Trinajstić information content (AvgIpc) is 3.10. The quantitative estimate of drug-likeness (QED) is 0.660. The fourth-order valence-corrected chi connectivity index (χ4v) is 2.77. The van der Waals surface area contributed by atoms with E-state index in [1.54, 1.807) is 12.4 Å². The van der Waals surface area contributed by atoms with Gasteiger partial charge in [0.1, 0.15) is 29.3 Å². The molecule has 9 nitrogen and oxygen atoms in total. The van der Waals surface area contributed by atoms with Crippen LogP contribution in [0.5, 0.6) is 0 Å². The van der Waals surface area contributed by atoms with E-state index in [9.17, 15) is 15.3 Å². The van der Waals surface area contributed by atoms with Gasteiger partial charge in [-0.2, -0.15) is 5.10 Å². The summed E-state index contributed by atoms with van der Waals surface area (Å²) in [5.41, 5.74) is 1.22. The van der Waals surface area contributed by atoms with Crippen LogP contribution in [0.1, 0.15) is 20.1 Å². The zero-order valence-electron chi connectivity index (χ0n) is 13.1. The second-order valence-corrected chi connectivity index (χ2v) is 5.43. The molecule has 0 aromatic carbocycles. The van der Waals surface area contributed by atoms with Crippen molar-refractivity contribution in [1.82, 2.24) is 19.7 Å². The van der Waals surface area contributed by atoms with E-state index in [-0.39, 0.29) is 6.61 Å². The zero-order chi connectivity index (χ0) is 16.6. The predicted octanol–water partition coefficient (Wildman–Crippen LogP) is -0.716. The highest BCUT2D eigenvalue weighted by atomic mass is 16.6. The number of rotatable bonds is 5. The SMILES string of the molecule is CCN(CC)c1ncc2c(cnn2[C@@H]2O[C@@H](CO)[C@H](O)[C@@H]2O)n1. The minimum atomic E-state index is -1.18. The molecule has 0 spiro atoms. The van der Waals surface area contributed by atoms with Gasteiger partial charge in [0.05, 0.1) is 19.0 Å². The molecule has 126 valence electrons. The van der Waals surface area contributed by atoms with Gasteiger partial charge in [-0.3, -0.25) is 0 Å². The molecule has 3 heterocycles. The van der Waals surface area contributed by atoms with E-state index in [0.29, 0.717) is 17.0 Å². The first kappa shape index (κ1) is 16.1. The molecule has 3 N–H and O–H groups in total. The van der Waals surface area contributed by atoms with Gasteiger partial charge in [0.2, 0.25) is 5.95 Å². The topological polar surface area (TPSA) is 117 Å². The molecule has 2 aromatic rings. The zero-order valence-corrected chi connectivity index (χ0v) is 13.1. The third-order valence-corrected chi connectivity index (χ3v) is 4.14. The van der Waals surface area contributed by atoms with Crippen molar-refractivity contribution in [2.75, 3.05) is 24.6 Å². The molecule has 1 fully saturated rings. The normalized spacial score (nSPS) is 27.7. The maximum absolute atomic E-state index is 10.1. The van der Waals surface area contributed by atoms with Crippen LogP contribution in [0.4, 0.5) is 5.95 Å². The Morgan fingerprint density at radius 1 is 1.22 bits per heavy atom. The number of hydrogen-bond donors (Lipinski definition) is 3. The monoisotopic (exact) mass is 323 g/mol. The van der Waals surface area contributed by atoms with Gasteiger partial charge in [-0.05, 0) is 13.8 Å². The second kappa shape index (κ2) is 6.36. The molecule has 4 atom stereocenters. The van der Waals surface area contributed by atoms with Gasteiger partial charge < -0.3 is 25.0 Å². The van der Waals surface area contributed by atoms with Crippen molar-refractivity contribution in [1.29, 1.82) is 0 Å². The summed E-state index contributed by atoms with van der Waals surface area (Å²) in [7, 11) is 0. The van der Waals surface area contributed by atoms with Gasteiger partial charge in [0, 0.05) is 13.1 Å². The maximum Gasteiger partial charge on any atom is 0.226 e. The minimum absolute atomic E-state index is 0.378. The lowest BCUT2D eigenvalue weighted by Crippen LogP contribution is -2.33. The molecular formula is C14H21N5O4. The van der Waals surface area contributed by atoms with E-state index in [0.717, 1.165) is 13.1 Å². The summed E-state index contributed by atoms with van der Waals surface area (Å²) in [5.74, 6) is 0.614. The third kappa shape index (κ3) is 2.65. The molecular weight excluding hydrogens is 302 g/mol. The van der Waals surface area contributed by atoms with Crippen LogP contribution in [0.3, 0.4) is 0 Å². The summed E-state index contributed by atoms with van der Waals surface area (Å²) in [5, 5.41) is 33.4. The number of aromatic nitrogens is 4. The van der Waals surface area contributed by atoms with E-state index in [4.69, 9.17) is 4.74 Å². The molecule has 1 saturated heterocycles. The summed E-state index contributed by atoms with van der Waals surface area (Å²) in [6.07, 6.45) is -0.887. The Kier molecular flexibility index (Phi) is 4.44. The Labute approximate surface area is 133 Å². The Bertz CT molecular complexity index is 674. The van der Waals surface area contributed by atoms with E-state index in [2.05, 4.69) is 15.1 Å². The molecule has 1 aliphatic rings. The van der Waals surface area contributed by atoms with Gasteiger partial charge in [-0.15, -0.1) is 0 Å². The summed E-state index contributed by atoms with van der Waals surface area (Å²) in [6.45, 7) is 5.27. The van der Waals surface area contributed by atoms with Gasteiger partial charge in [0.25, 0.3) is 0 Å². The number of fused-ring (bicyclic) bond motifs is 1. The highest BCUT2D eigenvalue weighted by Crippen LogP contribution is 2.31.